The first-order chi connectivity index (χ1) is 8.12. The maximum absolute atomic E-state index is 6.07. The van der Waals surface area contributed by atoms with Crippen LogP contribution in [0.4, 0.5) is 0 Å². The molecule has 1 saturated heterocycles. The van der Waals surface area contributed by atoms with E-state index in [-0.39, 0.29) is 5.54 Å². The first kappa shape index (κ1) is 11.1. The molecule has 1 atom stereocenters. The molecule has 1 aliphatic heterocycles. The molecule has 17 heavy (non-hydrogen) atoms. The Morgan fingerprint density at radius 1 is 1.24 bits per heavy atom. The molecule has 1 aliphatic carbocycles. The van der Waals surface area contributed by atoms with Gasteiger partial charge in [-0.05, 0) is 56.4 Å². The lowest BCUT2D eigenvalue weighted by atomic mass is 10.0. The van der Waals surface area contributed by atoms with Crippen LogP contribution in [0.3, 0.4) is 0 Å². The van der Waals surface area contributed by atoms with Gasteiger partial charge in [0, 0.05) is 18.5 Å². The summed E-state index contributed by atoms with van der Waals surface area (Å²) >= 11 is 0. The van der Waals surface area contributed by atoms with Crippen LogP contribution in [-0.4, -0.2) is 18.2 Å². The average Bonchev–Trinajstić information content (AvgIpc) is 2.84. The highest BCUT2D eigenvalue weighted by Gasteiger charge is 2.31. The highest BCUT2D eigenvalue weighted by Crippen LogP contribution is 2.28. The zero-order valence-electron chi connectivity index (χ0n) is 10.8. The zero-order valence-corrected chi connectivity index (χ0v) is 10.8. The van der Waals surface area contributed by atoms with E-state index in [1.165, 1.54) is 30.4 Å². The topological polar surface area (TPSA) is 21.3 Å². The number of benzene rings is 1. The van der Waals surface area contributed by atoms with Gasteiger partial charge in [-0.2, -0.15) is 0 Å². The van der Waals surface area contributed by atoms with E-state index in [0.717, 1.165) is 18.7 Å². The third-order valence-electron chi connectivity index (χ3n) is 3.92. The Hall–Kier alpha value is -1.02. The van der Waals surface area contributed by atoms with Crippen molar-refractivity contribution in [1.29, 1.82) is 0 Å². The van der Waals surface area contributed by atoms with Crippen LogP contribution >= 0.6 is 0 Å². The monoisotopic (exact) mass is 231 g/mol. The lowest BCUT2D eigenvalue weighted by Gasteiger charge is -2.18. The number of aryl methyl sites for hydroxylation is 2. The van der Waals surface area contributed by atoms with Crippen LogP contribution in [-0.2, 0) is 12.8 Å². The van der Waals surface area contributed by atoms with E-state index >= 15 is 0 Å². The van der Waals surface area contributed by atoms with Crippen LogP contribution in [0.1, 0.15) is 37.8 Å². The molecular formula is C15H21NO. The highest BCUT2D eigenvalue weighted by atomic mass is 16.5. The van der Waals surface area contributed by atoms with Gasteiger partial charge in [0.05, 0.1) is 0 Å². The van der Waals surface area contributed by atoms with Gasteiger partial charge in [0.15, 0.2) is 0 Å². The Bertz CT molecular complexity index is 425. The molecule has 2 nitrogen and oxygen atoms in total. The van der Waals surface area contributed by atoms with Crippen LogP contribution in [0.25, 0.3) is 0 Å². The molecule has 0 radical (unpaired) electrons. The number of ether oxygens (including phenoxy) is 1. The van der Waals surface area contributed by atoms with Gasteiger partial charge >= 0.3 is 0 Å². The molecule has 0 aromatic heterocycles. The SMILES string of the molecule is CC1(C)CC(Oc2ccc3c(c2)CCC3)CN1. The average molecular weight is 231 g/mol. The van der Waals surface area contributed by atoms with Crippen molar-refractivity contribution in [3.8, 4) is 5.75 Å². The van der Waals surface area contributed by atoms with E-state index in [0.29, 0.717) is 6.10 Å². The molecule has 1 N–H and O–H groups in total. The molecular weight excluding hydrogens is 210 g/mol. The van der Waals surface area contributed by atoms with Gasteiger partial charge in [0.2, 0.25) is 0 Å². The maximum atomic E-state index is 6.07. The summed E-state index contributed by atoms with van der Waals surface area (Å²) in [7, 11) is 0. The minimum Gasteiger partial charge on any atom is -0.489 e. The standard InChI is InChI=1S/C15H21NO/c1-15(2)9-14(10-16-15)17-13-7-6-11-4-3-5-12(11)8-13/h6-8,14,16H,3-5,9-10H2,1-2H3. The van der Waals surface area contributed by atoms with Gasteiger partial charge < -0.3 is 10.1 Å². The minimum absolute atomic E-state index is 0.224. The van der Waals surface area contributed by atoms with Crippen LogP contribution in [0.5, 0.6) is 5.75 Å². The van der Waals surface area contributed by atoms with Crippen molar-refractivity contribution < 1.29 is 4.74 Å². The minimum atomic E-state index is 0.224. The quantitative estimate of drug-likeness (QED) is 0.845. The lowest BCUT2D eigenvalue weighted by molar-refractivity contribution is 0.214. The van der Waals surface area contributed by atoms with E-state index in [1.807, 2.05) is 0 Å². The highest BCUT2D eigenvalue weighted by molar-refractivity contribution is 5.38. The summed E-state index contributed by atoms with van der Waals surface area (Å²) in [6, 6.07) is 6.62. The number of hydrogen-bond donors (Lipinski definition) is 1. The molecule has 0 saturated carbocycles. The van der Waals surface area contributed by atoms with Gasteiger partial charge in [-0.3, -0.25) is 0 Å². The number of nitrogens with one attached hydrogen (secondary N) is 1. The van der Waals surface area contributed by atoms with Crippen LogP contribution in [0, 0.1) is 0 Å². The molecule has 1 unspecified atom stereocenters. The van der Waals surface area contributed by atoms with E-state index in [9.17, 15) is 0 Å². The van der Waals surface area contributed by atoms with E-state index in [1.54, 1.807) is 0 Å². The van der Waals surface area contributed by atoms with Gasteiger partial charge in [-0.25, -0.2) is 0 Å². The summed E-state index contributed by atoms with van der Waals surface area (Å²) in [6.07, 6.45) is 5.18. The van der Waals surface area contributed by atoms with Gasteiger partial charge in [0.25, 0.3) is 0 Å². The molecule has 0 bridgehead atoms. The van der Waals surface area contributed by atoms with Crippen molar-refractivity contribution >= 4 is 0 Å². The Kier molecular flexibility index (Phi) is 2.62. The van der Waals surface area contributed by atoms with Gasteiger partial charge in [-0.15, -0.1) is 0 Å². The van der Waals surface area contributed by atoms with Crippen molar-refractivity contribution in [2.45, 2.75) is 51.2 Å². The van der Waals surface area contributed by atoms with E-state index < -0.39 is 0 Å². The Labute approximate surface area is 103 Å². The Balaban J connectivity index is 1.70. The first-order valence-corrected chi connectivity index (χ1v) is 6.66. The largest absolute Gasteiger partial charge is 0.489 e. The fraction of sp³-hybridized carbons (Fsp3) is 0.600. The number of hydrogen-bond acceptors (Lipinski definition) is 2. The summed E-state index contributed by atoms with van der Waals surface area (Å²) in [5.74, 6) is 1.05. The summed E-state index contributed by atoms with van der Waals surface area (Å²) in [6.45, 7) is 5.43. The second-order valence-electron chi connectivity index (χ2n) is 5.99. The Morgan fingerprint density at radius 3 is 2.82 bits per heavy atom. The molecule has 0 amide bonds. The van der Waals surface area contributed by atoms with Crippen molar-refractivity contribution in [2.24, 2.45) is 0 Å². The van der Waals surface area contributed by atoms with E-state index in [4.69, 9.17) is 4.74 Å². The normalized spacial score (nSPS) is 25.9. The lowest BCUT2D eigenvalue weighted by Crippen LogP contribution is -2.31. The fourth-order valence-corrected chi connectivity index (χ4v) is 3.00. The Morgan fingerprint density at radius 2 is 2.06 bits per heavy atom. The molecule has 2 heteroatoms. The van der Waals surface area contributed by atoms with Crippen LogP contribution < -0.4 is 10.1 Å². The molecule has 1 aromatic carbocycles. The molecule has 1 aromatic rings. The predicted molar refractivity (Wildman–Crippen MR) is 69.6 cm³/mol. The summed E-state index contributed by atoms with van der Waals surface area (Å²) in [5.41, 5.74) is 3.23. The summed E-state index contributed by atoms with van der Waals surface area (Å²) in [4.78, 5) is 0. The molecule has 1 heterocycles. The van der Waals surface area contributed by atoms with Crippen molar-refractivity contribution in [1.82, 2.24) is 5.32 Å². The first-order valence-electron chi connectivity index (χ1n) is 6.66. The number of rotatable bonds is 2. The smallest absolute Gasteiger partial charge is 0.120 e. The summed E-state index contributed by atoms with van der Waals surface area (Å²) in [5, 5.41) is 3.49. The van der Waals surface area contributed by atoms with Crippen molar-refractivity contribution in [2.75, 3.05) is 6.54 Å². The van der Waals surface area contributed by atoms with Crippen LogP contribution in [0.2, 0.25) is 0 Å². The maximum Gasteiger partial charge on any atom is 0.120 e. The van der Waals surface area contributed by atoms with Crippen molar-refractivity contribution in [3.05, 3.63) is 29.3 Å². The molecule has 0 spiro atoms. The second kappa shape index (κ2) is 4.02. The predicted octanol–water partition coefficient (Wildman–Crippen LogP) is 2.69. The zero-order chi connectivity index (χ0) is 11.9. The molecule has 3 rings (SSSR count). The summed E-state index contributed by atoms with van der Waals surface area (Å²) < 4.78 is 6.07. The third-order valence-corrected chi connectivity index (χ3v) is 3.92. The van der Waals surface area contributed by atoms with E-state index in [2.05, 4.69) is 37.4 Å². The van der Waals surface area contributed by atoms with Gasteiger partial charge in [-0.1, -0.05) is 6.07 Å². The second-order valence-corrected chi connectivity index (χ2v) is 5.99. The third kappa shape index (κ3) is 2.32. The molecule has 2 aliphatic rings. The molecule has 1 fully saturated rings. The van der Waals surface area contributed by atoms with Crippen LogP contribution in [0.15, 0.2) is 18.2 Å². The number of fused-ring (bicyclic) bond motifs is 1. The van der Waals surface area contributed by atoms with Gasteiger partial charge in [0.1, 0.15) is 11.9 Å². The fourth-order valence-electron chi connectivity index (χ4n) is 3.00. The van der Waals surface area contributed by atoms with Crippen molar-refractivity contribution in [3.63, 3.8) is 0 Å². The molecule has 92 valence electrons.